The normalized spacial score (nSPS) is 12.9. The average Bonchev–Trinajstić information content (AvgIpc) is 3.39. The standard InChI is InChI=1S/C30H30ClF3N6O4/c1-17(2)40-15-21(8-12-26(40)41)20-7-11-24(31)22(13-20)14-25(37-29(43)44-18(3)30(32,33)34)28(42)36-23-9-5-19(6-10-23)27-38-35-16-39(27)4/h5-13,15-18,25H,14H2,1-4H3,(H,36,42)(H,37,43)/t18-,25+/m1/s1. The van der Waals surface area contributed by atoms with Gasteiger partial charge < -0.3 is 24.5 Å². The predicted molar refractivity (Wildman–Crippen MR) is 159 cm³/mol. The molecule has 2 amide bonds. The molecule has 10 nitrogen and oxygen atoms in total. The molecular weight excluding hydrogens is 601 g/mol. The van der Waals surface area contributed by atoms with Crippen molar-refractivity contribution in [2.75, 3.05) is 5.32 Å². The van der Waals surface area contributed by atoms with E-state index in [2.05, 4.69) is 25.6 Å². The van der Waals surface area contributed by atoms with E-state index in [9.17, 15) is 27.6 Å². The molecule has 2 aromatic heterocycles. The first-order valence-corrected chi connectivity index (χ1v) is 13.9. The second kappa shape index (κ2) is 13.3. The zero-order valence-corrected chi connectivity index (χ0v) is 25.0. The summed E-state index contributed by atoms with van der Waals surface area (Å²) in [6, 6.07) is 13.3. The van der Waals surface area contributed by atoms with Crippen LogP contribution in [0.2, 0.25) is 5.02 Å². The number of alkyl halides is 3. The summed E-state index contributed by atoms with van der Waals surface area (Å²) in [5.41, 5.74) is 2.72. The molecule has 4 aromatic rings. The van der Waals surface area contributed by atoms with Crippen molar-refractivity contribution in [1.29, 1.82) is 0 Å². The number of aryl methyl sites for hydroxylation is 1. The molecule has 0 saturated carbocycles. The van der Waals surface area contributed by atoms with Crippen LogP contribution in [-0.4, -0.2) is 49.7 Å². The number of hydrogen-bond acceptors (Lipinski definition) is 6. The number of benzene rings is 2. The molecule has 0 radical (unpaired) electrons. The number of ether oxygens (including phenoxy) is 1. The molecule has 0 fully saturated rings. The number of hydrogen-bond donors (Lipinski definition) is 2. The van der Waals surface area contributed by atoms with Crippen LogP contribution < -0.4 is 16.2 Å². The number of carbonyl (C=O) groups excluding carboxylic acids is 2. The van der Waals surface area contributed by atoms with Crippen LogP contribution in [0.5, 0.6) is 0 Å². The molecule has 2 N–H and O–H groups in total. The van der Waals surface area contributed by atoms with E-state index in [1.54, 1.807) is 77.2 Å². The molecule has 2 heterocycles. The van der Waals surface area contributed by atoms with Crippen LogP contribution in [0.1, 0.15) is 32.4 Å². The lowest BCUT2D eigenvalue weighted by Crippen LogP contribution is -2.47. The highest BCUT2D eigenvalue weighted by molar-refractivity contribution is 6.31. The van der Waals surface area contributed by atoms with E-state index >= 15 is 0 Å². The van der Waals surface area contributed by atoms with Gasteiger partial charge in [0.2, 0.25) is 5.91 Å². The molecule has 4 rings (SSSR count). The third-order valence-corrected chi connectivity index (χ3v) is 7.14. The van der Waals surface area contributed by atoms with Gasteiger partial charge in [-0.15, -0.1) is 10.2 Å². The summed E-state index contributed by atoms with van der Waals surface area (Å²) in [7, 11) is 1.78. The van der Waals surface area contributed by atoms with Crippen molar-refractivity contribution < 1.29 is 27.5 Å². The van der Waals surface area contributed by atoms with Crippen molar-refractivity contribution in [3.8, 4) is 22.5 Å². The van der Waals surface area contributed by atoms with E-state index in [1.807, 2.05) is 13.8 Å². The molecule has 0 saturated heterocycles. The second-order valence-electron chi connectivity index (χ2n) is 10.4. The molecule has 0 bridgehead atoms. The number of nitrogens with one attached hydrogen (secondary N) is 2. The quantitative estimate of drug-likeness (QED) is 0.242. The summed E-state index contributed by atoms with van der Waals surface area (Å²) in [6.45, 7) is 4.43. The van der Waals surface area contributed by atoms with Gasteiger partial charge in [-0.1, -0.05) is 17.7 Å². The Morgan fingerprint density at radius 3 is 2.27 bits per heavy atom. The van der Waals surface area contributed by atoms with E-state index in [1.165, 1.54) is 6.07 Å². The van der Waals surface area contributed by atoms with Crippen molar-refractivity contribution in [2.45, 2.75) is 51.6 Å². The Balaban J connectivity index is 1.61. The third kappa shape index (κ3) is 7.84. The molecule has 0 spiro atoms. The SMILES string of the molecule is CC(C)n1cc(-c2ccc(Cl)c(C[C@H](NC(=O)O[C@H](C)C(F)(F)F)C(=O)Nc3ccc(-c4nncn4C)cc3)c2)ccc1=O. The summed E-state index contributed by atoms with van der Waals surface area (Å²) < 4.78 is 46.9. The minimum absolute atomic E-state index is 0.0916. The van der Waals surface area contributed by atoms with Crippen LogP contribution in [0.3, 0.4) is 0 Å². The maximum absolute atomic E-state index is 13.4. The first-order valence-electron chi connectivity index (χ1n) is 13.5. The van der Waals surface area contributed by atoms with Crippen LogP contribution >= 0.6 is 11.6 Å². The Bertz CT molecular complexity index is 1700. The number of halogens is 4. The molecule has 0 aliphatic carbocycles. The van der Waals surface area contributed by atoms with Crippen molar-refractivity contribution in [3.63, 3.8) is 0 Å². The predicted octanol–water partition coefficient (Wildman–Crippen LogP) is 5.77. The largest absolute Gasteiger partial charge is 0.437 e. The number of rotatable bonds is 9. The third-order valence-electron chi connectivity index (χ3n) is 6.77. The summed E-state index contributed by atoms with van der Waals surface area (Å²) in [5.74, 6) is -0.120. The number of amides is 2. The molecule has 232 valence electrons. The van der Waals surface area contributed by atoms with Gasteiger partial charge in [-0.05, 0) is 79.9 Å². The monoisotopic (exact) mass is 630 g/mol. The second-order valence-corrected chi connectivity index (χ2v) is 10.8. The number of aromatic nitrogens is 4. The molecule has 44 heavy (non-hydrogen) atoms. The zero-order chi connectivity index (χ0) is 32.2. The van der Waals surface area contributed by atoms with Crippen molar-refractivity contribution in [3.05, 3.63) is 88.1 Å². The van der Waals surface area contributed by atoms with Gasteiger partial charge in [0.15, 0.2) is 11.9 Å². The fourth-order valence-corrected chi connectivity index (χ4v) is 4.49. The van der Waals surface area contributed by atoms with Gasteiger partial charge in [-0.3, -0.25) is 9.59 Å². The average molecular weight is 631 g/mol. The number of anilines is 1. The van der Waals surface area contributed by atoms with Crippen LogP contribution in [0.4, 0.5) is 23.7 Å². The van der Waals surface area contributed by atoms with E-state index in [0.717, 1.165) is 5.56 Å². The Hall–Kier alpha value is -4.65. The molecule has 2 atom stereocenters. The van der Waals surface area contributed by atoms with Crippen molar-refractivity contribution in [1.82, 2.24) is 24.6 Å². The number of nitrogens with zero attached hydrogens (tertiary/aromatic N) is 4. The Labute approximate surface area is 255 Å². The highest BCUT2D eigenvalue weighted by Gasteiger charge is 2.39. The van der Waals surface area contributed by atoms with Crippen molar-refractivity contribution >= 4 is 29.3 Å². The fourth-order valence-electron chi connectivity index (χ4n) is 4.30. The lowest BCUT2D eigenvalue weighted by atomic mass is 9.99. The Morgan fingerprint density at radius 1 is 1.00 bits per heavy atom. The van der Waals surface area contributed by atoms with Crippen LogP contribution in [-0.2, 0) is 23.0 Å². The highest BCUT2D eigenvalue weighted by atomic mass is 35.5. The molecule has 14 heteroatoms. The number of carbonyl (C=O) groups is 2. The lowest BCUT2D eigenvalue weighted by molar-refractivity contribution is -0.197. The maximum Gasteiger partial charge on any atom is 0.425 e. The smallest absolute Gasteiger partial charge is 0.425 e. The van der Waals surface area contributed by atoms with E-state index in [-0.39, 0.29) is 23.0 Å². The summed E-state index contributed by atoms with van der Waals surface area (Å²) >= 11 is 6.47. The van der Waals surface area contributed by atoms with E-state index in [0.29, 0.717) is 35.1 Å². The van der Waals surface area contributed by atoms with Gasteiger partial charge in [-0.2, -0.15) is 13.2 Å². The molecule has 2 aromatic carbocycles. The van der Waals surface area contributed by atoms with Crippen LogP contribution in [0, 0.1) is 0 Å². The minimum atomic E-state index is -4.79. The van der Waals surface area contributed by atoms with Gasteiger partial charge in [0.25, 0.3) is 5.56 Å². The van der Waals surface area contributed by atoms with E-state index < -0.39 is 30.3 Å². The molecule has 0 aliphatic rings. The van der Waals surface area contributed by atoms with Crippen LogP contribution in [0.25, 0.3) is 22.5 Å². The summed E-state index contributed by atoms with van der Waals surface area (Å²) in [5, 5.41) is 13.1. The highest BCUT2D eigenvalue weighted by Crippen LogP contribution is 2.27. The van der Waals surface area contributed by atoms with Crippen molar-refractivity contribution in [2.24, 2.45) is 7.05 Å². The lowest BCUT2D eigenvalue weighted by Gasteiger charge is -2.22. The Morgan fingerprint density at radius 2 is 1.66 bits per heavy atom. The first-order chi connectivity index (χ1) is 20.7. The van der Waals surface area contributed by atoms with Gasteiger partial charge in [0.1, 0.15) is 12.4 Å². The first kappa shape index (κ1) is 32.3. The number of alkyl carbamates (subject to hydrolysis) is 1. The van der Waals surface area contributed by atoms with Gasteiger partial charge in [0, 0.05) is 48.0 Å². The maximum atomic E-state index is 13.4. The topological polar surface area (TPSA) is 120 Å². The van der Waals surface area contributed by atoms with Gasteiger partial charge in [0.05, 0.1) is 0 Å². The zero-order valence-electron chi connectivity index (χ0n) is 24.2. The summed E-state index contributed by atoms with van der Waals surface area (Å²) in [6.07, 6.45) is -5.56. The Kier molecular flexibility index (Phi) is 9.78. The molecular formula is C30H30ClF3N6O4. The number of pyridine rings is 1. The summed E-state index contributed by atoms with van der Waals surface area (Å²) in [4.78, 5) is 38.1. The fraction of sp³-hybridized carbons (Fsp3) is 0.300. The van der Waals surface area contributed by atoms with E-state index in [4.69, 9.17) is 11.6 Å². The van der Waals surface area contributed by atoms with Gasteiger partial charge >= 0.3 is 12.3 Å². The minimum Gasteiger partial charge on any atom is -0.437 e. The van der Waals surface area contributed by atoms with Crippen LogP contribution in [0.15, 0.2) is 71.9 Å². The molecule has 0 aliphatic heterocycles. The van der Waals surface area contributed by atoms with Gasteiger partial charge in [-0.25, -0.2) is 4.79 Å². The molecule has 0 unspecified atom stereocenters.